The van der Waals surface area contributed by atoms with E-state index >= 15 is 0 Å². The Labute approximate surface area is 96.3 Å². The monoisotopic (exact) mass is 221 g/mol. The van der Waals surface area contributed by atoms with Crippen LogP contribution >= 0.6 is 0 Å². The van der Waals surface area contributed by atoms with E-state index in [0.717, 1.165) is 13.0 Å². The van der Waals surface area contributed by atoms with E-state index in [1.165, 1.54) is 5.56 Å². The predicted octanol–water partition coefficient (Wildman–Crippen LogP) is 0.862. The number of aliphatic hydroxyl groups excluding tert-OH is 2. The Balaban J connectivity index is 1.93. The zero-order chi connectivity index (χ0) is 11.4. The summed E-state index contributed by atoms with van der Waals surface area (Å²) in [5, 5.41) is 18.1. The van der Waals surface area contributed by atoms with Crippen molar-refractivity contribution in [2.75, 3.05) is 19.8 Å². The largest absolute Gasteiger partial charge is 0.396 e. The first-order chi connectivity index (χ1) is 7.85. The van der Waals surface area contributed by atoms with Crippen molar-refractivity contribution in [2.24, 2.45) is 5.92 Å². The minimum Gasteiger partial charge on any atom is -0.396 e. The van der Waals surface area contributed by atoms with Crippen LogP contribution in [0.3, 0.4) is 0 Å². The Bertz CT molecular complexity index is 315. The zero-order valence-electron chi connectivity index (χ0n) is 9.42. The van der Waals surface area contributed by atoms with Crippen LogP contribution in [0.25, 0.3) is 0 Å². The number of nitrogens with zero attached hydrogens (tertiary/aromatic N) is 1. The average Bonchev–Trinajstić information content (AvgIpc) is 3.09. The topological polar surface area (TPSA) is 43.7 Å². The van der Waals surface area contributed by atoms with Crippen molar-refractivity contribution in [3.63, 3.8) is 0 Å². The number of hydrogen-bond donors (Lipinski definition) is 2. The zero-order valence-corrected chi connectivity index (χ0v) is 9.42. The van der Waals surface area contributed by atoms with Crippen molar-refractivity contribution < 1.29 is 10.2 Å². The lowest BCUT2D eigenvalue weighted by Crippen LogP contribution is -2.30. The SMILES string of the molecule is OCCN(Cc1ccccc1)C1C[C@@H]1CO. The normalized spacial score (nSPS) is 23.7. The van der Waals surface area contributed by atoms with Crippen molar-refractivity contribution in [3.05, 3.63) is 35.9 Å². The van der Waals surface area contributed by atoms with E-state index < -0.39 is 0 Å². The molecule has 1 unspecified atom stereocenters. The van der Waals surface area contributed by atoms with Crippen molar-refractivity contribution in [3.8, 4) is 0 Å². The van der Waals surface area contributed by atoms with E-state index in [1.807, 2.05) is 18.2 Å². The number of rotatable bonds is 6. The minimum atomic E-state index is 0.182. The molecule has 1 saturated carbocycles. The van der Waals surface area contributed by atoms with E-state index in [9.17, 15) is 0 Å². The van der Waals surface area contributed by atoms with E-state index in [0.29, 0.717) is 18.5 Å². The summed E-state index contributed by atoms with van der Waals surface area (Å²) in [6, 6.07) is 10.7. The van der Waals surface area contributed by atoms with Crippen LogP contribution in [0.4, 0.5) is 0 Å². The third-order valence-corrected chi connectivity index (χ3v) is 3.20. The van der Waals surface area contributed by atoms with Crippen LogP contribution in [-0.2, 0) is 6.54 Å². The van der Waals surface area contributed by atoms with Crippen LogP contribution in [-0.4, -0.2) is 40.9 Å². The lowest BCUT2D eigenvalue weighted by Gasteiger charge is -2.21. The minimum absolute atomic E-state index is 0.182. The first-order valence-electron chi connectivity index (χ1n) is 5.85. The summed E-state index contributed by atoms with van der Waals surface area (Å²) in [5.74, 6) is 0.412. The molecule has 3 nitrogen and oxygen atoms in total. The molecule has 2 rings (SSSR count). The van der Waals surface area contributed by atoms with E-state index in [-0.39, 0.29) is 13.2 Å². The first kappa shape index (κ1) is 11.6. The van der Waals surface area contributed by atoms with Gasteiger partial charge in [-0.25, -0.2) is 0 Å². The molecule has 1 fully saturated rings. The molecule has 0 heterocycles. The Hall–Kier alpha value is -0.900. The number of hydrogen-bond acceptors (Lipinski definition) is 3. The lowest BCUT2D eigenvalue weighted by molar-refractivity contribution is 0.166. The molecule has 16 heavy (non-hydrogen) atoms. The molecule has 2 N–H and O–H groups in total. The van der Waals surface area contributed by atoms with Crippen molar-refractivity contribution >= 4 is 0 Å². The maximum absolute atomic E-state index is 9.07. The third-order valence-electron chi connectivity index (χ3n) is 3.20. The van der Waals surface area contributed by atoms with Crippen LogP contribution < -0.4 is 0 Å². The van der Waals surface area contributed by atoms with Gasteiger partial charge in [0.2, 0.25) is 0 Å². The number of benzene rings is 1. The predicted molar refractivity (Wildman–Crippen MR) is 62.9 cm³/mol. The Morgan fingerprint density at radius 3 is 2.50 bits per heavy atom. The molecular formula is C13H19NO2. The molecule has 3 heteroatoms. The molecule has 88 valence electrons. The highest BCUT2D eigenvalue weighted by atomic mass is 16.3. The van der Waals surface area contributed by atoms with Gasteiger partial charge in [0.25, 0.3) is 0 Å². The highest BCUT2D eigenvalue weighted by Gasteiger charge is 2.40. The maximum Gasteiger partial charge on any atom is 0.0558 e. The highest BCUT2D eigenvalue weighted by molar-refractivity contribution is 5.15. The van der Waals surface area contributed by atoms with Crippen molar-refractivity contribution in [1.29, 1.82) is 0 Å². The standard InChI is InChI=1S/C13H19NO2/c15-7-6-14(13-8-12(13)10-16)9-11-4-2-1-3-5-11/h1-5,12-13,15-16H,6-10H2/t12-,13?/m1/s1. The molecule has 1 aromatic carbocycles. The van der Waals surface area contributed by atoms with Gasteiger partial charge in [0.05, 0.1) is 6.61 Å². The van der Waals surface area contributed by atoms with Crippen LogP contribution in [0.15, 0.2) is 30.3 Å². The Kier molecular flexibility index (Phi) is 3.93. The summed E-state index contributed by atoms with van der Waals surface area (Å²) in [6.45, 7) is 2.00. The van der Waals surface area contributed by atoms with E-state index in [4.69, 9.17) is 10.2 Å². The van der Waals surface area contributed by atoms with Gasteiger partial charge in [-0.05, 0) is 17.9 Å². The van der Waals surface area contributed by atoms with Gasteiger partial charge in [-0.1, -0.05) is 30.3 Å². The smallest absolute Gasteiger partial charge is 0.0558 e. The van der Waals surface area contributed by atoms with Gasteiger partial charge in [-0.3, -0.25) is 4.90 Å². The first-order valence-corrected chi connectivity index (χ1v) is 5.85. The quantitative estimate of drug-likeness (QED) is 0.749. The second-order valence-corrected chi connectivity index (χ2v) is 4.43. The van der Waals surface area contributed by atoms with Crippen LogP contribution in [0.5, 0.6) is 0 Å². The second kappa shape index (κ2) is 5.43. The van der Waals surface area contributed by atoms with Gasteiger partial charge in [0.1, 0.15) is 0 Å². The van der Waals surface area contributed by atoms with E-state index in [1.54, 1.807) is 0 Å². The molecule has 0 aromatic heterocycles. The van der Waals surface area contributed by atoms with Crippen LogP contribution in [0.1, 0.15) is 12.0 Å². The summed E-state index contributed by atoms with van der Waals surface area (Å²) in [6.07, 6.45) is 1.06. The molecular weight excluding hydrogens is 202 g/mol. The van der Waals surface area contributed by atoms with Gasteiger partial charge >= 0.3 is 0 Å². The lowest BCUT2D eigenvalue weighted by atomic mass is 10.2. The van der Waals surface area contributed by atoms with E-state index in [2.05, 4.69) is 17.0 Å². The molecule has 2 atom stereocenters. The second-order valence-electron chi connectivity index (χ2n) is 4.43. The van der Waals surface area contributed by atoms with Gasteiger partial charge in [0.15, 0.2) is 0 Å². The summed E-state index contributed by atoms with van der Waals surface area (Å²) >= 11 is 0. The van der Waals surface area contributed by atoms with Crippen molar-refractivity contribution in [2.45, 2.75) is 19.0 Å². The van der Waals surface area contributed by atoms with Crippen LogP contribution in [0.2, 0.25) is 0 Å². The Morgan fingerprint density at radius 1 is 1.19 bits per heavy atom. The molecule has 0 radical (unpaired) electrons. The summed E-state index contributed by atoms with van der Waals surface area (Å²) in [7, 11) is 0. The molecule has 0 saturated heterocycles. The number of aliphatic hydroxyl groups is 2. The molecule has 1 aromatic rings. The third kappa shape index (κ3) is 2.82. The Morgan fingerprint density at radius 2 is 1.94 bits per heavy atom. The fourth-order valence-electron chi connectivity index (χ4n) is 2.18. The summed E-state index contributed by atoms with van der Waals surface area (Å²) < 4.78 is 0. The molecule has 1 aliphatic carbocycles. The highest BCUT2D eigenvalue weighted by Crippen LogP contribution is 2.35. The molecule has 0 amide bonds. The van der Waals surface area contributed by atoms with Crippen LogP contribution in [0, 0.1) is 5.92 Å². The fraction of sp³-hybridized carbons (Fsp3) is 0.538. The van der Waals surface area contributed by atoms with Gasteiger partial charge in [-0.2, -0.15) is 0 Å². The summed E-state index contributed by atoms with van der Waals surface area (Å²) in [4.78, 5) is 2.26. The van der Waals surface area contributed by atoms with Gasteiger partial charge in [0, 0.05) is 25.7 Å². The fourth-order valence-corrected chi connectivity index (χ4v) is 2.18. The van der Waals surface area contributed by atoms with Crippen molar-refractivity contribution in [1.82, 2.24) is 4.90 Å². The molecule has 0 aliphatic heterocycles. The average molecular weight is 221 g/mol. The molecule has 0 spiro atoms. The summed E-state index contributed by atoms with van der Waals surface area (Å²) in [5.41, 5.74) is 1.26. The van der Waals surface area contributed by atoms with Gasteiger partial charge < -0.3 is 10.2 Å². The maximum atomic E-state index is 9.07. The molecule has 0 bridgehead atoms. The van der Waals surface area contributed by atoms with Gasteiger partial charge in [-0.15, -0.1) is 0 Å². The molecule has 1 aliphatic rings.